The van der Waals surface area contributed by atoms with Gasteiger partial charge in [0, 0.05) is 22.9 Å². The van der Waals surface area contributed by atoms with Crippen molar-refractivity contribution >= 4 is 23.1 Å². The molecule has 1 aliphatic heterocycles. The molecular weight excluding hydrogens is 282 g/mol. The number of thiophene rings is 1. The summed E-state index contributed by atoms with van der Waals surface area (Å²) in [6.07, 6.45) is 2.24. The van der Waals surface area contributed by atoms with Gasteiger partial charge in [-0.05, 0) is 23.6 Å². The smallest absolute Gasteiger partial charge is 0.226 e. The molecule has 3 aromatic rings. The molecule has 0 bridgehead atoms. The summed E-state index contributed by atoms with van der Waals surface area (Å²) in [4.78, 5) is 17.8. The molecule has 5 heteroatoms. The largest absolute Gasteiger partial charge is 0.310 e. The molecule has 0 aliphatic carbocycles. The molecule has 3 heterocycles. The minimum absolute atomic E-state index is 0.0404. The predicted octanol–water partition coefficient (Wildman–Crippen LogP) is 3.41. The topological polar surface area (TPSA) is 46.9 Å². The molecule has 0 fully saturated rings. The fraction of sp³-hybridized carbons (Fsp3) is 0.125. The van der Waals surface area contributed by atoms with Gasteiger partial charge in [0.05, 0.1) is 5.69 Å². The van der Waals surface area contributed by atoms with Crippen LogP contribution in [0.15, 0.2) is 54.2 Å². The summed E-state index contributed by atoms with van der Waals surface area (Å²) >= 11 is 1.67. The number of aromatic nitrogens is 2. The summed E-state index contributed by atoms with van der Waals surface area (Å²) in [6.45, 7) is 0. The molecule has 1 aliphatic rings. The predicted molar refractivity (Wildman–Crippen MR) is 83.0 cm³/mol. The molecule has 1 N–H and O–H groups in total. The van der Waals surface area contributed by atoms with Crippen molar-refractivity contribution < 1.29 is 4.79 Å². The number of nitrogens with one attached hydrogen (secondary N) is 1. The molecular formula is C16H13N3OS. The summed E-state index contributed by atoms with van der Waals surface area (Å²) < 4.78 is 1.94. The number of fused-ring (bicyclic) bond motifs is 1. The number of para-hydroxylation sites is 1. The van der Waals surface area contributed by atoms with Crippen molar-refractivity contribution in [3.63, 3.8) is 0 Å². The Hall–Kier alpha value is -2.40. The van der Waals surface area contributed by atoms with E-state index in [0.717, 1.165) is 17.2 Å². The van der Waals surface area contributed by atoms with Crippen LogP contribution in [-0.2, 0) is 4.79 Å². The molecule has 1 atom stereocenters. The van der Waals surface area contributed by atoms with Crippen LogP contribution < -0.4 is 5.32 Å². The van der Waals surface area contributed by atoms with Crippen LogP contribution in [0, 0.1) is 0 Å². The number of carbonyl (C=O) groups is 1. The van der Waals surface area contributed by atoms with Crippen LogP contribution >= 0.6 is 11.3 Å². The van der Waals surface area contributed by atoms with Gasteiger partial charge in [-0.15, -0.1) is 11.3 Å². The highest BCUT2D eigenvalue weighted by atomic mass is 32.1. The minimum Gasteiger partial charge on any atom is -0.310 e. The van der Waals surface area contributed by atoms with E-state index in [1.54, 1.807) is 17.7 Å². The first kappa shape index (κ1) is 12.3. The zero-order valence-electron chi connectivity index (χ0n) is 11.2. The van der Waals surface area contributed by atoms with E-state index in [9.17, 15) is 4.79 Å². The van der Waals surface area contributed by atoms with Crippen molar-refractivity contribution in [3.8, 4) is 5.69 Å². The lowest BCUT2D eigenvalue weighted by Crippen LogP contribution is -2.24. The van der Waals surface area contributed by atoms with Crippen molar-refractivity contribution in [1.29, 1.82) is 0 Å². The van der Waals surface area contributed by atoms with Crippen LogP contribution in [0.4, 0.5) is 5.82 Å². The Morgan fingerprint density at radius 3 is 2.81 bits per heavy atom. The number of carbonyl (C=O) groups excluding carboxylic acids is 1. The molecule has 21 heavy (non-hydrogen) atoms. The molecule has 104 valence electrons. The van der Waals surface area contributed by atoms with Gasteiger partial charge < -0.3 is 5.32 Å². The lowest BCUT2D eigenvalue weighted by molar-refractivity contribution is -0.116. The Morgan fingerprint density at radius 2 is 2.05 bits per heavy atom. The van der Waals surface area contributed by atoms with Crippen LogP contribution in [0.1, 0.15) is 22.9 Å². The highest BCUT2D eigenvalue weighted by Crippen LogP contribution is 2.38. The lowest BCUT2D eigenvalue weighted by atomic mass is 9.96. The van der Waals surface area contributed by atoms with Gasteiger partial charge in [0.15, 0.2) is 0 Å². The van der Waals surface area contributed by atoms with Crippen molar-refractivity contribution in [2.24, 2.45) is 0 Å². The van der Waals surface area contributed by atoms with Crippen molar-refractivity contribution in [2.45, 2.75) is 12.3 Å². The fourth-order valence-corrected chi connectivity index (χ4v) is 3.55. The van der Waals surface area contributed by atoms with E-state index in [-0.39, 0.29) is 11.8 Å². The summed E-state index contributed by atoms with van der Waals surface area (Å²) in [5.41, 5.74) is 1.94. The maximum absolute atomic E-state index is 12.1. The fourth-order valence-electron chi connectivity index (χ4n) is 2.72. The van der Waals surface area contributed by atoms with Crippen LogP contribution in [0.3, 0.4) is 0 Å². The normalized spacial score (nSPS) is 17.3. The number of nitrogens with zero attached hydrogens (tertiary/aromatic N) is 2. The third-order valence-electron chi connectivity index (χ3n) is 3.69. The first-order valence-electron chi connectivity index (χ1n) is 6.79. The van der Waals surface area contributed by atoms with Gasteiger partial charge in [-0.1, -0.05) is 24.3 Å². The number of hydrogen-bond acceptors (Lipinski definition) is 3. The molecule has 0 unspecified atom stereocenters. The van der Waals surface area contributed by atoms with Gasteiger partial charge in [-0.2, -0.15) is 0 Å². The molecule has 0 radical (unpaired) electrons. The number of anilines is 1. The number of rotatable bonds is 2. The summed E-state index contributed by atoms with van der Waals surface area (Å²) in [7, 11) is 0. The maximum Gasteiger partial charge on any atom is 0.226 e. The van der Waals surface area contributed by atoms with Crippen LogP contribution in [0.25, 0.3) is 5.69 Å². The summed E-state index contributed by atoms with van der Waals surface area (Å²) in [6, 6.07) is 14.0. The number of imidazole rings is 1. The van der Waals surface area contributed by atoms with E-state index >= 15 is 0 Å². The van der Waals surface area contributed by atoms with Gasteiger partial charge in [-0.25, -0.2) is 4.98 Å². The van der Waals surface area contributed by atoms with E-state index in [2.05, 4.69) is 16.4 Å². The summed E-state index contributed by atoms with van der Waals surface area (Å²) in [5.74, 6) is 0.883. The third-order valence-corrected chi connectivity index (χ3v) is 4.68. The van der Waals surface area contributed by atoms with E-state index in [1.165, 1.54) is 4.88 Å². The Kier molecular flexibility index (Phi) is 2.86. The highest BCUT2D eigenvalue weighted by Gasteiger charge is 2.31. The molecule has 2 aromatic heterocycles. The van der Waals surface area contributed by atoms with Gasteiger partial charge in [0.1, 0.15) is 12.1 Å². The zero-order chi connectivity index (χ0) is 14.2. The molecule has 0 saturated heterocycles. The average molecular weight is 295 g/mol. The van der Waals surface area contributed by atoms with Crippen molar-refractivity contribution in [1.82, 2.24) is 9.55 Å². The zero-order valence-corrected chi connectivity index (χ0v) is 12.0. The second-order valence-corrected chi connectivity index (χ2v) is 5.98. The van der Waals surface area contributed by atoms with E-state index in [4.69, 9.17) is 0 Å². The van der Waals surface area contributed by atoms with Gasteiger partial charge in [0.2, 0.25) is 5.91 Å². The standard InChI is InChI=1S/C16H13N3OS/c20-14-9-12(13-7-4-8-21-13)15-16(18-14)19(10-17-15)11-5-2-1-3-6-11/h1-8,10,12H,9H2,(H,18,20)/t12-/m1/s1. The van der Waals surface area contributed by atoms with Gasteiger partial charge in [-0.3, -0.25) is 9.36 Å². The monoisotopic (exact) mass is 295 g/mol. The maximum atomic E-state index is 12.1. The second kappa shape index (κ2) is 4.86. The molecule has 1 amide bonds. The number of amides is 1. The third kappa shape index (κ3) is 2.06. The molecule has 0 saturated carbocycles. The molecule has 1 aromatic carbocycles. The molecule has 4 nitrogen and oxygen atoms in total. The van der Waals surface area contributed by atoms with E-state index < -0.39 is 0 Å². The SMILES string of the molecule is O=C1C[C@H](c2cccs2)c2ncn(-c3ccccc3)c2N1. The quantitative estimate of drug-likeness (QED) is 0.787. The van der Waals surface area contributed by atoms with E-state index in [0.29, 0.717) is 6.42 Å². The number of hydrogen-bond donors (Lipinski definition) is 1. The van der Waals surface area contributed by atoms with Crippen molar-refractivity contribution in [3.05, 3.63) is 64.7 Å². The van der Waals surface area contributed by atoms with Crippen molar-refractivity contribution in [2.75, 3.05) is 5.32 Å². The number of benzene rings is 1. The van der Waals surface area contributed by atoms with E-state index in [1.807, 2.05) is 46.3 Å². The van der Waals surface area contributed by atoms with Gasteiger partial charge >= 0.3 is 0 Å². The van der Waals surface area contributed by atoms with Crippen LogP contribution in [-0.4, -0.2) is 15.5 Å². The Morgan fingerprint density at radius 1 is 1.19 bits per heavy atom. The highest BCUT2D eigenvalue weighted by molar-refractivity contribution is 7.10. The molecule has 0 spiro atoms. The lowest BCUT2D eigenvalue weighted by Gasteiger charge is -2.22. The second-order valence-electron chi connectivity index (χ2n) is 5.00. The average Bonchev–Trinajstić information content (AvgIpc) is 3.17. The molecule has 4 rings (SSSR count). The Labute approximate surface area is 126 Å². The Bertz CT molecular complexity index is 777. The van der Waals surface area contributed by atoms with Crippen LogP contribution in [0.2, 0.25) is 0 Å². The van der Waals surface area contributed by atoms with Gasteiger partial charge in [0.25, 0.3) is 0 Å². The Balaban J connectivity index is 1.84. The first-order chi connectivity index (χ1) is 10.3. The van der Waals surface area contributed by atoms with Crippen LogP contribution in [0.5, 0.6) is 0 Å². The minimum atomic E-state index is 0.0404. The first-order valence-corrected chi connectivity index (χ1v) is 7.67. The summed E-state index contributed by atoms with van der Waals surface area (Å²) in [5, 5.41) is 5.00.